The van der Waals surface area contributed by atoms with Gasteiger partial charge in [0.25, 0.3) is 0 Å². The highest BCUT2D eigenvalue weighted by atomic mass is 35.5. The lowest BCUT2D eigenvalue weighted by Crippen LogP contribution is -2.22. The van der Waals surface area contributed by atoms with Crippen molar-refractivity contribution >= 4 is 40.8 Å². The van der Waals surface area contributed by atoms with Gasteiger partial charge in [-0.05, 0) is 17.7 Å². The van der Waals surface area contributed by atoms with Gasteiger partial charge in [0.05, 0.1) is 15.7 Å². The lowest BCUT2D eigenvalue weighted by molar-refractivity contribution is 0.259. The van der Waals surface area contributed by atoms with E-state index in [1.165, 1.54) is 5.56 Å². The molecule has 6 heteroatoms. The van der Waals surface area contributed by atoms with Crippen molar-refractivity contribution in [3.05, 3.63) is 64.1 Å². The van der Waals surface area contributed by atoms with Gasteiger partial charge in [0.2, 0.25) is 0 Å². The summed E-state index contributed by atoms with van der Waals surface area (Å²) in [4.78, 5) is 18.4. The molecule has 2 amide bonds. The average molecular weight is 362 g/mol. The maximum Gasteiger partial charge on any atom is 0.347 e. The largest absolute Gasteiger partial charge is 0.362 e. The van der Waals surface area contributed by atoms with E-state index in [1.807, 2.05) is 30.1 Å². The van der Waals surface area contributed by atoms with Crippen molar-refractivity contribution in [2.75, 3.05) is 18.9 Å². The second kappa shape index (κ2) is 7.24. The Morgan fingerprint density at radius 2 is 1.79 bits per heavy atom. The van der Waals surface area contributed by atoms with Crippen LogP contribution in [0.15, 0.2) is 53.5 Å². The van der Waals surface area contributed by atoms with Gasteiger partial charge in [-0.15, -0.1) is 0 Å². The average Bonchev–Trinajstić information content (AvgIpc) is 2.93. The number of carbonyl (C=O) groups excluding carboxylic acids is 1. The molecule has 0 saturated carbocycles. The molecular formula is C18H17Cl2N3O. The van der Waals surface area contributed by atoms with Gasteiger partial charge in [0.1, 0.15) is 5.84 Å². The molecule has 1 unspecified atom stereocenters. The molecule has 1 heterocycles. The minimum absolute atomic E-state index is 0.339. The lowest BCUT2D eigenvalue weighted by Gasteiger charge is -2.12. The summed E-state index contributed by atoms with van der Waals surface area (Å²) >= 11 is 12.1. The fourth-order valence-corrected chi connectivity index (χ4v) is 3.32. The number of hydrogen-bond acceptors (Lipinski definition) is 1. The zero-order valence-electron chi connectivity index (χ0n) is 13.2. The summed E-state index contributed by atoms with van der Waals surface area (Å²) in [5.74, 6) is 1.09. The van der Waals surface area contributed by atoms with Gasteiger partial charge >= 0.3 is 6.03 Å². The predicted octanol–water partition coefficient (Wildman–Crippen LogP) is 5.04. The fourth-order valence-electron chi connectivity index (χ4n) is 2.83. The summed E-state index contributed by atoms with van der Waals surface area (Å²) in [7, 11) is 1.94. The zero-order chi connectivity index (χ0) is 17.1. The minimum atomic E-state index is -0.472. The van der Waals surface area contributed by atoms with E-state index in [2.05, 4.69) is 22.4 Å². The first-order valence-corrected chi connectivity index (χ1v) is 8.39. The van der Waals surface area contributed by atoms with Crippen LogP contribution in [0.4, 0.5) is 10.5 Å². The van der Waals surface area contributed by atoms with Crippen molar-refractivity contribution in [1.82, 2.24) is 4.90 Å². The van der Waals surface area contributed by atoms with Crippen LogP contribution in [-0.4, -0.2) is 30.4 Å². The molecule has 0 bridgehead atoms. The molecule has 2 aromatic carbocycles. The number of aliphatic imine (C=N–C) groups is 1. The third-order valence-corrected chi connectivity index (χ3v) is 4.69. The number of likely N-dealkylation sites (tertiary alicyclic amines) is 1. The summed E-state index contributed by atoms with van der Waals surface area (Å²) < 4.78 is 0. The Morgan fingerprint density at radius 1 is 1.12 bits per heavy atom. The summed E-state index contributed by atoms with van der Waals surface area (Å²) in [6.07, 6.45) is 0.726. The molecule has 0 aliphatic carbocycles. The first-order valence-electron chi connectivity index (χ1n) is 7.63. The van der Waals surface area contributed by atoms with Gasteiger partial charge < -0.3 is 10.2 Å². The van der Waals surface area contributed by atoms with Crippen molar-refractivity contribution < 1.29 is 4.79 Å². The van der Waals surface area contributed by atoms with Crippen LogP contribution in [0.25, 0.3) is 0 Å². The number of nitrogens with one attached hydrogen (secondary N) is 1. The first kappa shape index (κ1) is 16.8. The van der Waals surface area contributed by atoms with Gasteiger partial charge in [-0.3, -0.25) is 0 Å². The van der Waals surface area contributed by atoms with Crippen molar-refractivity contribution in [3.63, 3.8) is 0 Å². The fraction of sp³-hybridized carbons (Fsp3) is 0.222. The molecular weight excluding hydrogens is 345 g/mol. The zero-order valence-corrected chi connectivity index (χ0v) is 14.7. The van der Waals surface area contributed by atoms with Crippen LogP contribution >= 0.6 is 23.2 Å². The number of hydrogen-bond donors (Lipinski definition) is 1. The highest BCUT2D eigenvalue weighted by Gasteiger charge is 2.27. The highest BCUT2D eigenvalue weighted by molar-refractivity contribution is 6.39. The molecule has 1 fully saturated rings. The van der Waals surface area contributed by atoms with Gasteiger partial charge in [-0.25, -0.2) is 4.79 Å². The van der Waals surface area contributed by atoms with Gasteiger partial charge in [-0.1, -0.05) is 59.6 Å². The number of anilines is 1. The Hall–Kier alpha value is -2.04. The standard InChI is InChI=1S/C18H17Cl2N3O/c1-23-11-13(12-6-3-2-4-7-12)10-16(23)21-18(24)22-17-14(19)8-5-9-15(17)20/h2-9,13H,10-11H2,1H3,(H,22,24)/b21-16+. The Labute approximate surface area is 151 Å². The third-order valence-electron chi connectivity index (χ3n) is 4.06. The lowest BCUT2D eigenvalue weighted by atomic mass is 9.98. The molecule has 4 nitrogen and oxygen atoms in total. The second-order valence-corrected chi connectivity index (χ2v) is 6.56. The molecule has 2 aromatic rings. The topological polar surface area (TPSA) is 44.7 Å². The number of para-hydroxylation sites is 1. The summed E-state index contributed by atoms with van der Waals surface area (Å²) in [5, 5.41) is 3.44. The minimum Gasteiger partial charge on any atom is -0.362 e. The Bertz CT molecular complexity index is 757. The molecule has 0 spiro atoms. The number of likely N-dealkylation sites (N-methyl/N-ethyl adjacent to an activating group) is 1. The van der Waals surface area contributed by atoms with Crippen LogP contribution in [0.3, 0.4) is 0 Å². The van der Waals surface area contributed by atoms with Gasteiger partial charge in [-0.2, -0.15) is 4.99 Å². The van der Waals surface area contributed by atoms with Gasteiger partial charge in [0.15, 0.2) is 0 Å². The van der Waals surface area contributed by atoms with E-state index < -0.39 is 6.03 Å². The van der Waals surface area contributed by atoms with Crippen molar-refractivity contribution in [3.8, 4) is 0 Å². The van der Waals surface area contributed by atoms with E-state index >= 15 is 0 Å². The number of halogens is 2. The van der Waals surface area contributed by atoms with E-state index in [4.69, 9.17) is 23.2 Å². The van der Waals surface area contributed by atoms with Crippen LogP contribution in [-0.2, 0) is 0 Å². The monoisotopic (exact) mass is 361 g/mol. The van der Waals surface area contributed by atoms with Crippen LogP contribution in [0.1, 0.15) is 17.9 Å². The molecule has 1 saturated heterocycles. The Morgan fingerprint density at radius 3 is 2.46 bits per heavy atom. The molecule has 124 valence electrons. The number of amides is 2. The predicted molar refractivity (Wildman–Crippen MR) is 99.3 cm³/mol. The van der Waals surface area contributed by atoms with Crippen LogP contribution in [0, 0.1) is 0 Å². The molecule has 24 heavy (non-hydrogen) atoms. The van der Waals surface area contributed by atoms with E-state index in [0.717, 1.165) is 18.8 Å². The van der Waals surface area contributed by atoms with E-state index in [9.17, 15) is 4.79 Å². The number of urea groups is 1. The normalized spacial score (nSPS) is 18.9. The van der Waals surface area contributed by atoms with Crippen molar-refractivity contribution in [2.45, 2.75) is 12.3 Å². The SMILES string of the molecule is CN1CC(c2ccccc2)C/C1=N\C(=O)Nc1c(Cl)cccc1Cl. The smallest absolute Gasteiger partial charge is 0.347 e. The summed E-state index contributed by atoms with van der Waals surface area (Å²) in [6.45, 7) is 0.836. The molecule has 1 aliphatic heterocycles. The van der Waals surface area contributed by atoms with E-state index in [-0.39, 0.29) is 0 Å². The van der Waals surface area contributed by atoms with E-state index in [0.29, 0.717) is 21.7 Å². The third kappa shape index (κ3) is 3.71. The molecule has 1 atom stereocenters. The molecule has 0 radical (unpaired) electrons. The molecule has 1 aliphatic rings. The van der Waals surface area contributed by atoms with E-state index in [1.54, 1.807) is 18.2 Å². The van der Waals surface area contributed by atoms with Crippen molar-refractivity contribution in [1.29, 1.82) is 0 Å². The number of benzene rings is 2. The van der Waals surface area contributed by atoms with Crippen LogP contribution < -0.4 is 5.32 Å². The molecule has 0 aromatic heterocycles. The maximum atomic E-state index is 12.2. The highest BCUT2D eigenvalue weighted by Crippen LogP contribution is 2.31. The van der Waals surface area contributed by atoms with Crippen molar-refractivity contribution in [2.24, 2.45) is 4.99 Å². The number of carbonyl (C=O) groups is 1. The summed E-state index contributed by atoms with van der Waals surface area (Å²) in [6, 6.07) is 14.8. The van der Waals surface area contributed by atoms with Gasteiger partial charge in [0, 0.05) is 25.9 Å². The summed E-state index contributed by atoms with van der Waals surface area (Å²) in [5.41, 5.74) is 1.64. The maximum absolute atomic E-state index is 12.2. The first-order chi connectivity index (χ1) is 11.5. The number of amidine groups is 1. The Balaban J connectivity index is 1.73. The van der Waals surface area contributed by atoms with Crippen LogP contribution in [0.5, 0.6) is 0 Å². The molecule has 3 rings (SSSR count). The van der Waals surface area contributed by atoms with Crippen LogP contribution in [0.2, 0.25) is 10.0 Å². The Kier molecular flexibility index (Phi) is 5.07. The molecule has 1 N–H and O–H groups in total. The number of nitrogens with zero attached hydrogens (tertiary/aromatic N) is 2. The number of rotatable bonds is 2. The second-order valence-electron chi connectivity index (χ2n) is 5.75. The quantitative estimate of drug-likeness (QED) is 0.813.